The van der Waals surface area contributed by atoms with Gasteiger partial charge in [-0.25, -0.2) is 13.2 Å². The van der Waals surface area contributed by atoms with E-state index >= 15 is 0 Å². The number of nitrogens with zero attached hydrogens (tertiary/aromatic N) is 2. The van der Waals surface area contributed by atoms with Crippen molar-refractivity contribution in [3.8, 4) is 0 Å². The molecule has 2 aromatic rings. The van der Waals surface area contributed by atoms with Gasteiger partial charge in [-0.05, 0) is 38.1 Å². The van der Waals surface area contributed by atoms with Gasteiger partial charge in [-0.1, -0.05) is 0 Å². The zero-order valence-corrected chi connectivity index (χ0v) is 15.0. The number of amides is 1. The SMILES string of the molecule is CN1C2COCC1CC(NC(=O)c1cn(CC(F)F)c3ccc(F)cc13)C2. The van der Waals surface area contributed by atoms with Crippen LogP contribution in [-0.2, 0) is 11.3 Å². The number of hydrogen-bond donors (Lipinski definition) is 1. The summed E-state index contributed by atoms with van der Waals surface area (Å²) in [6.07, 6.45) is 0.366. The molecule has 2 aliphatic rings. The number of piperidine rings is 1. The lowest BCUT2D eigenvalue weighted by atomic mass is 9.90. The molecule has 1 aromatic heterocycles. The second kappa shape index (κ2) is 7.16. The number of hydrogen-bond acceptors (Lipinski definition) is 3. The summed E-state index contributed by atoms with van der Waals surface area (Å²) < 4.78 is 46.3. The van der Waals surface area contributed by atoms with Crippen molar-refractivity contribution >= 4 is 16.8 Å². The van der Waals surface area contributed by atoms with Crippen molar-refractivity contribution in [3.63, 3.8) is 0 Å². The van der Waals surface area contributed by atoms with Crippen molar-refractivity contribution in [3.05, 3.63) is 35.8 Å². The van der Waals surface area contributed by atoms with Crippen molar-refractivity contribution in [2.24, 2.45) is 0 Å². The largest absolute Gasteiger partial charge is 0.378 e. The number of ether oxygens (including phenoxy) is 1. The molecule has 4 rings (SSSR count). The van der Waals surface area contributed by atoms with E-state index in [2.05, 4.69) is 17.3 Å². The minimum Gasteiger partial charge on any atom is -0.378 e. The molecule has 0 radical (unpaired) electrons. The van der Waals surface area contributed by atoms with Gasteiger partial charge in [0, 0.05) is 35.2 Å². The minimum absolute atomic E-state index is 0.0188. The Bertz CT molecular complexity index is 840. The molecule has 0 spiro atoms. The highest BCUT2D eigenvalue weighted by atomic mass is 19.3. The molecule has 5 nitrogen and oxygen atoms in total. The molecule has 2 saturated heterocycles. The standard InChI is InChI=1S/C19H22F3N3O2/c1-24-13-5-12(6-14(24)10-27-9-13)23-19(26)16-7-25(8-18(21)22)17-3-2-11(20)4-15(16)17/h2-4,7,12-14,18H,5-6,8-10H2,1H3,(H,23,26). The van der Waals surface area contributed by atoms with Gasteiger partial charge in [-0.2, -0.15) is 0 Å². The Labute approximate surface area is 155 Å². The molecule has 2 bridgehead atoms. The molecule has 2 fully saturated rings. The van der Waals surface area contributed by atoms with Gasteiger partial charge in [0.2, 0.25) is 0 Å². The third-order valence-corrected chi connectivity index (χ3v) is 5.64. The number of aromatic nitrogens is 1. The highest BCUT2D eigenvalue weighted by molar-refractivity contribution is 6.07. The van der Waals surface area contributed by atoms with E-state index in [9.17, 15) is 18.0 Å². The van der Waals surface area contributed by atoms with E-state index in [0.717, 1.165) is 12.8 Å². The van der Waals surface area contributed by atoms with Gasteiger partial charge in [0.15, 0.2) is 0 Å². The molecule has 2 aliphatic heterocycles. The van der Waals surface area contributed by atoms with Crippen LogP contribution in [0.2, 0.25) is 0 Å². The topological polar surface area (TPSA) is 46.5 Å². The Morgan fingerprint density at radius 1 is 1.30 bits per heavy atom. The molecule has 1 N–H and O–H groups in total. The minimum atomic E-state index is -2.56. The molecule has 8 heteroatoms. The molecule has 27 heavy (non-hydrogen) atoms. The Morgan fingerprint density at radius 3 is 2.67 bits per heavy atom. The molecule has 146 valence electrons. The van der Waals surface area contributed by atoms with E-state index in [1.54, 1.807) is 0 Å². The average Bonchev–Trinajstić information content (AvgIpc) is 2.93. The van der Waals surface area contributed by atoms with Crippen LogP contribution >= 0.6 is 0 Å². The highest BCUT2D eigenvalue weighted by Gasteiger charge is 2.37. The summed E-state index contributed by atoms with van der Waals surface area (Å²) in [5.41, 5.74) is 0.654. The van der Waals surface area contributed by atoms with Crippen LogP contribution in [0.15, 0.2) is 24.4 Å². The summed E-state index contributed by atoms with van der Waals surface area (Å²) in [5, 5.41) is 3.37. The maximum absolute atomic E-state index is 13.7. The van der Waals surface area contributed by atoms with Gasteiger partial charge in [0.25, 0.3) is 12.3 Å². The average molecular weight is 381 g/mol. The van der Waals surface area contributed by atoms with Crippen LogP contribution in [0.25, 0.3) is 10.9 Å². The van der Waals surface area contributed by atoms with Crippen LogP contribution < -0.4 is 5.32 Å². The van der Waals surface area contributed by atoms with Crippen LogP contribution in [-0.4, -0.2) is 60.2 Å². The summed E-state index contributed by atoms with van der Waals surface area (Å²) in [6, 6.07) is 4.35. The van der Waals surface area contributed by atoms with Gasteiger partial charge in [-0.15, -0.1) is 0 Å². The van der Waals surface area contributed by atoms with E-state index in [1.165, 1.54) is 29.0 Å². The number of benzene rings is 1. The summed E-state index contributed by atoms with van der Waals surface area (Å²) in [7, 11) is 2.07. The highest BCUT2D eigenvalue weighted by Crippen LogP contribution is 2.28. The molecular weight excluding hydrogens is 359 g/mol. The monoisotopic (exact) mass is 381 g/mol. The number of halogens is 3. The lowest BCUT2D eigenvalue weighted by molar-refractivity contribution is -0.0670. The van der Waals surface area contributed by atoms with Gasteiger partial charge >= 0.3 is 0 Å². The summed E-state index contributed by atoms with van der Waals surface area (Å²) in [6.45, 7) is 0.738. The predicted octanol–water partition coefficient (Wildman–Crippen LogP) is 2.64. The number of likely N-dealkylation sites (N-methyl/N-ethyl adjacent to an activating group) is 1. The number of nitrogens with one attached hydrogen (secondary N) is 1. The number of morpholine rings is 1. The maximum Gasteiger partial charge on any atom is 0.256 e. The molecule has 3 heterocycles. The molecule has 1 amide bonds. The first-order valence-corrected chi connectivity index (χ1v) is 9.09. The lowest BCUT2D eigenvalue weighted by Gasteiger charge is -2.46. The van der Waals surface area contributed by atoms with Gasteiger partial charge in [-0.3, -0.25) is 9.69 Å². The molecule has 2 atom stereocenters. The van der Waals surface area contributed by atoms with Crippen LogP contribution in [0.3, 0.4) is 0 Å². The van der Waals surface area contributed by atoms with Crippen molar-refractivity contribution < 1.29 is 22.7 Å². The van der Waals surface area contributed by atoms with Crippen molar-refractivity contribution in [1.29, 1.82) is 0 Å². The third kappa shape index (κ3) is 3.55. The Morgan fingerprint density at radius 2 is 2.00 bits per heavy atom. The van der Waals surface area contributed by atoms with Crippen LogP contribution in [0.5, 0.6) is 0 Å². The number of rotatable bonds is 4. The number of carbonyl (C=O) groups excluding carboxylic acids is 1. The zero-order valence-electron chi connectivity index (χ0n) is 15.0. The number of alkyl halides is 2. The normalized spacial score (nSPS) is 25.9. The Balaban J connectivity index is 1.58. The first-order valence-electron chi connectivity index (χ1n) is 9.09. The van der Waals surface area contributed by atoms with E-state index in [-0.39, 0.29) is 29.6 Å². The summed E-state index contributed by atoms with van der Waals surface area (Å²) in [4.78, 5) is 15.1. The van der Waals surface area contributed by atoms with Gasteiger partial charge in [0.05, 0.1) is 25.3 Å². The second-order valence-corrected chi connectivity index (χ2v) is 7.40. The fourth-order valence-corrected chi connectivity index (χ4v) is 4.23. The quantitative estimate of drug-likeness (QED) is 0.886. The predicted molar refractivity (Wildman–Crippen MR) is 94.5 cm³/mol. The first-order chi connectivity index (χ1) is 12.9. The Hall–Kier alpha value is -2.06. The Kier molecular flexibility index (Phi) is 4.86. The van der Waals surface area contributed by atoms with E-state index < -0.39 is 18.8 Å². The van der Waals surface area contributed by atoms with Gasteiger partial charge < -0.3 is 14.6 Å². The van der Waals surface area contributed by atoms with Crippen molar-refractivity contribution in [2.45, 2.75) is 43.9 Å². The van der Waals surface area contributed by atoms with E-state index in [1.807, 2.05) is 0 Å². The lowest BCUT2D eigenvalue weighted by Crippen LogP contribution is -2.59. The van der Waals surface area contributed by atoms with Crippen LogP contribution in [0, 0.1) is 5.82 Å². The third-order valence-electron chi connectivity index (χ3n) is 5.64. The molecule has 1 aromatic carbocycles. The van der Waals surface area contributed by atoms with Gasteiger partial charge in [0.1, 0.15) is 5.82 Å². The molecule has 0 saturated carbocycles. The first kappa shape index (κ1) is 18.3. The van der Waals surface area contributed by atoms with Crippen LogP contribution in [0.4, 0.5) is 13.2 Å². The fourth-order valence-electron chi connectivity index (χ4n) is 4.23. The van der Waals surface area contributed by atoms with Crippen LogP contribution in [0.1, 0.15) is 23.2 Å². The number of carbonyl (C=O) groups is 1. The maximum atomic E-state index is 13.7. The van der Waals surface area contributed by atoms with E-state index in [4.69, 9.17) is 4.74 Å². The fraction of sp³-hybridized carbons (Fsp3) is 0.526. The van der Waals surface area contributed by atoms with Crippen molar-refractivity contribution in [2.75, 3.05) is 20.3 Å². The van der Waals surface area contributed by atoms with Crippen molar-refractivity contribution in [1.82, 2.24) is 14.8 Å². The molecule has 0 aliphatic carbocycles. The zero-order chi connectivity index (χ0) is 19.1. The molecular formula is C19H22F3N3O2. The molecule has 2 unspecified atom stereocenters. The summed E-state index contributed by atoms with van der Waals surface area (Å²) in [5.74, 6) is -0.857. The second-order valence-electron chi connectivity index (χ2n) is 7.40. The smallest absolute Gasteiger partial charge is 0.256 e. The summed E-state index contributed by atoms with van der Waals surface area (Å²) >= 11 is 0. The number of fused-ring (bicyclic) bond motifs is 3. The van der Waals surface area contributed by atoms with E-state index in [0.29, 0.717) is 24.1 Å².